The summed E-state index contributed by atoms with van der Waals surface area (Å²) in [6.45, 7) is 1.71. The molecule has 0 aliphatic carbocycles. The van der Waals surface area contributed by atoms with Crippen LogP contribution in [0.3, 0.4) is 0 Å². The van der Waals surface area contributed by atoms with E-state index in [-0.39, 0.29) is 18.1 Å². The molecule has 0 bridgehead atoms. The number of carbonyl (C=O) groups is 1. The number of para-hydroxylation sites is 1. The molecule has 21 heavy (non-hydrogen) atoms. The third-order valence-corrected chi connectivity index (χ3v) is 3.42. The molecule has 0 aliphatic rings. The average molecular weight is 355 g/mol. The molecule has 0 unspecified atom stereocenters. The predicted molar refractivity (Wildman–Crippen MR) is 82.1 cm³/mol. The Morgan fingerprint density at radius 3 is 2.62 bits per heavy atom. The highest BCUT2D eigenvalue weighted by Gasteiger charge is 2.10. The number of rotatable bonds is 4. The first kappa shape index (κ1) is 15.4. The molecule has 0 radical (unpaired) electrons. The molecule has 0 atom stereocenters. The van der Waals surface area contributed by atoms with Crippen molar-refractivity contribution in [2.24, 2.45) is 0 Å². The summed E-state index contributed by atoms with van der Waals surface area (Å²) in [6, 6.07) is 9.18. The first-order valence-electron chi connectivity index (χ1n) is 6.21. The van der Waals surface area contributed by atoms with Gasteiger partial charge in [0, 0.05) is 29.7 Å². The number of anilines is 2. The van der Waals surface area contributed by atoms with E-state index in [2.05, 4.69) is 26.6 Å². The van der Waals surface area contributed by atoms with Crippen LogP contribution in [0.15, 0.2) is 40.9 Å². The van der Waals surface area contributed by atoms with Crippen molar-refractivity contribution in [3.05, 3.63) is 58.1 Å². The van der Waals surface area contributed by atoms with Gasteiger partial charge in [0.15, 0.2) is 0 Å². The fraction of sp³-hybridized carbons (Fsp3) is 0.133. The summed E-state index contributed by atoms with van der Waals surface area (Å²) >= 11 is 3.12. The quantitative estimate of drug-likeness (QED) is 0.859. The highest BCUT2D eigenvalue weighted by molar-refractivity contribution is 9.10. The number of nitrogens with one attached hydrogen (secondary N) is 2. The molecule has 0 aliphatic heterocycles. The number of amides is 1. The lowest BCUT2D eigenvalue weighted by Gasteiger charge is -2.13. The Balaban J connectivity index is 2.19. The van der Waals surface area contributed by atoms with Crippen LogP contribution in [0.1, 0.15) is 12.5 Å². The Labute approximate surface area is 129 Å². The highest BCUT2D eigenvalue weighted by Crippen LogP contribution is 2.28. The lowest BCUT2D eigenvalue weighted by molar-refractivity contribution is -0.114. The van der Waals surface area contributed by atoms with Crippen LogP contribution in [0.5, 0.6) is 0 Å². The third-order valence-electron chi connectivity index (χ3n) is 2.79. The van der Waals surface area contributed by atoms with E-state index in [1.807, 2.05) is 12.1 Å². The van der Waals surface area contributed by atoms with Gasteiger partial charge in [-0.15, -0.1) is 0 Å². The van der Waals surface area contributed by atoms with Crippen LogP contribution in [-0.4, -0.2) is 5.91 Å². The molecule has 2 aromatic carbocycles. The van der Waals surface area contributed by atoms with Gasteiger partial charge >= 0.3 is 0 Å². The molecule has 0 saturated carbocycles. The van der Waals surface area contributed by atoms with Crippen molar-refractivity contribution in [2.45, 2.75) is 13.5 Å². The highest BCUT2D eigenvalue weighted by atomic mass is 79.9. The average Bonchev–Trinajstić information content (AvgIpc) is 2.38. The fourth-order valence-electron chi connectivity index (χ4n) is 1.88. The van der Waals surface area contributed by atoms with Gasteiger partial charge in [-0.05, 0) is 33.6 Å². The molecule has 110 valence electrons. The van der Waals surface area contributed by atoms with Crippen LogP contribution in [0.4, 0.5) is 20.2 Å². The largest absolute Gasteiger partial charge is 0.378 e. The van der Waals surface area contributed by atoms with Gasteiger partial charge in [0.25, 0.3) is 0 Å². The normalized spacial score (nSPS) is 10.3. The van der Waals surface area contributed by atoms with Gasteiger partial charge in [0.1, 0.15) is 11.6 Å². The zero-order valence-corrected chi connectivity index (χ0v) is 12.8. The second-order valence-electron chi connectivity index (χ2n) is 4.44. The van der Waals surface area contributed by atoms with E-state index in [4.69, 9.17) is 0 Å². The maximum atomic E-state index is 13.7. The van der Waals surface area contributed by atoms with Gasteiger partial charge in [0.05, 0.1) is 5.69 Å². The maximum Gasteiger partial charge on any atom is 0.221 e. The van der Waals surface area contributed by atoms with Gasteiger partial charge in [-0.25, -0.2) is 8.78 Å². The molecular formula is C15H13BrF2N2O. The molecule has 0 heterocycles. The molecule has 0 fully saturated rings. The number of benzene rings is 2. The number of halogens is 3. The van der Waals surface area contributed by atoms with Crippen molar-refractivity contribution in [1.29, 1.82) is 0 Å². The summed E-state index contributed by atoms with van der Waals surface area (Å²) in [5.74, 6) is -1.51. The lowest BCUT2D eigenvalue weighted by Crippen LogP contribution is -2.10. The second-order valence-corrected chi connectivity index (χ2v) is 5.29. The van der Waals surface area contributed by atoms with Crippen LogP contribution in [0, 0.1) is 11.6 Å². The zero-order valence-electron chi connectivity index (χ0n) is 11.2. The van der Waals surface area contributed by atoms with Crippen molar-refractivity contribution >= 4 is 33.2 Å². The Hall–Kier alpha value is -1.95. The molecule has 3 nitrogen and oxygen atoms in total. The van der Waals surface area contributed by atoms with Crippen LogP contribution in [0.2, 0.25) is 0 Å². The number of hydrogen-bond acceptors (Lipinski definition) is 2. The Kier molecular flexibility index (Phi) is 4.90. The van der Waals surface area contributed by atoms with Crippen molar-refractivity contribution in [3.63, 3.8) is 0 Å². The molecule has 6 heteroatoms. The molecule has 0 saturated heterocycles. The van der Waals surface area contributed by atoms with Crippen molar-refractivity contribution in [1.82, 2.24) is 0 Å². The van der Waals surface area contributed by atoms with Crippen molar-refractivity contribution < 1.29 is 13.6 Å². The first-order chi connectivity index (χ1) is 9.97. The summed E-state index contributed by atoms with van der Waals surface area (Å²) in [5, 5.41) is 5.60. The van der Waals surface area contributed by atoms with E-state index in [0.717, 1.165) is 11.6 Å². The minimum Gasteiger partial charge on any atom is -0.378 e. The Morgan fingerprint density at radius 1 is 1.24 bits per heavy atom. The molecule has 2 aromatic rings. The summed E-state index contributed by atoms with van der Waals surface area (Å²) < 4.78 is 27.1. The molecule has 0 spiro atoms. The smallest absolute Gasteiger partial charge is 0.221 e. The topological polar surface area (TPSA) is 41.1 Å². The molecular weight excluding hydrogens is 342 g/mol. The van der Waals surface area contributed by atoms with Crippen LogP contribution in [0.25, 0.3) is 0 Å². The van der Waals surface area contributed by atoms with Crippen LogP contribution >= 0.6 is 15.9 Å². The summed E-state index contributed by atoms with van der Waals surface area (Å²) in [6.07, 6.45) is 0. The standard InChI is InChI=1S/C15H13BrF2N2O/c1-9(21)20-14-5-3-2-4-10(14)8-19-15-12(16)6-11(17)7-13(15)18/h2-7,19H,8H2,1H3,(H,20,21). The number of hydrogen-bond donors (Lipinski definition) is 2. The van der Waals surface area contributed by atoms with Gasteiger partial charge in [-0.3, -0.25) is 4.79 Å². The van der Waals surface area contributed by atoms with Gasteiger partial charge < -0.3 is 10.6 Å². The molecule has 2 rings (SSSR count). The Morgan fingerprint density at radius 2 is 1.95 bits per heavy atom. The van der Waals surface area contributed by atoms with Gasteiger partial charge in [-0.1, -0.05) is 18.2 Å². The van der Waals surface area contributed by atoms with E-state index < -0.39 is 11.6 Å². The fourth-order valence-corrected chi connectivity index (χ4v) is 2.43. The lowest BCUT2D eigenvalue weighted by atomic mass is 10.1. The number of carbonyl (C=O) groups excluding carboxylic acids is 1. The van der Waals surface area contributed by atoms with Crippen molar-refractivity contribution in [2.75, 3.05) is 10.6 Å². The SMILES string of the molecule is CC(=O)Nc1ccccc1CNc1c(F)cc(F)cc1Br. The maximum absolute atomic E-state index is 13.7. The van der Waals surface area contributed by atoms with Gasteiger partial charge in [0.2, 0.25) is 5.91 Å². The van der Waals surface area contributed by atoms with Gasteiger partial charge in [-0.2, -0.15) is 0 Å². The summed E-state index contributed by atoms with van der Waals surface area (Å²) in [4.78, 5) is 11.1. The molecule has 2 N–H and O–H groups in total. The first-order valence-corrected chi connectivity index (χ1v) is 7.00. The predicted octanol–water partition coefficient (Wildman–Crippen LogP) is 4.30. The summed E-state index contributed by atoms with van der Waals surface area (Å²) in [5.41, 5.74) is 1.62. The van der Waals surface area contributed by atoms with Crippen LogP contribution < -0.4 is 10.6 Å². The third kappa shape index (κ3) is 4.01. The van der Waals surface area contributed by atoms with Crippen molar-refractivity contribution in [3.8, 4) is 0 Å². The molecule has 0 aromatic heterocycles. The monoisotopic (exact) mass is 354 g/mol. The second kappa shape index (κ2) is 6.67. The van der Waals surface area contributed by atoms with E-state index in [1.54, 1.807) is 12.1 Å². The van der Waals surface area contributed by atoms with Crippen LogP contribution in [-0.2, 0) is 11.3 Å². The minimum atomic E-state index is -0.682. The van der Waals surface area contributed by atoms with E-state index >= 15 is 0 Å². The van der Waals surface area contributed by atoms with E-state index in [1.165, 1.54) is 13.0 Å². The Bertz CT molecular complexity index is 653. The van der Waals surface area contributed by atoms with E-state index in [9.17, 15) is 13.6 Å². The minimum absolute atomic E-state index is 0.175. The molecule has 1 amide bonds. The summed E-state index contributed by atoms with van der Waals surface area (Å²) in [7, 11) is 0. The zero-order chi connectivity index (χ0) is 15.4. The van der Waals surface area contributed by atoms with E-state index in [0.29, 0.717) is 10.2 Å².